The third-order valence-corrected chi connectivity index (χ3v) is 5.97. The van der Waals surface area contributed by atoms with E-state index in [1.54, 1.807) is 18.2 Å². The van der Waals surface area contributed by atoms with E-state index >= 15 is 0 Å². The Bertz CT molecular complexity index is 1310. The molecule has 1 fully saturated rings. The van der Waals surface area contributed by atoms with E-state index < -0.39 is 23.5 Å². The minimum atomic E-state index is -4.75. The van der Waals surface area contributed by atoms with Crippen LogP contribution >= 0.6 is 0 Å². The van der Waals surface area contributed by atoms with Gasteiger partial charge in [0.1, 0.15) is 35.1 Å². The molecule has 10 nitrogen and oxygen atoms in total. The SMILES string of the molecule is CNC(=O)c1cc(Oc2ccc(NC(=O)Nc3cccc(OCCN4CCNCC4)c3C(F)(F)F)cc2)ccn1. The van der Waals surface area contributed by atoms with E-state index in [-0.39, 0.29) is 24.0 Å². The summed E-state index contributed by atoms with van der Waals surface area (Å²) in [7, 11) is 1.49. The molecule has 4 rings (SSSR count). The number of rotatable bonds is 9. The quantitative estimate of drug-likeness (QED) is 0.311. The molecule has 0 bridgehead atoms. The first-order chi connectivity index (χ1) is 19.2. The summed E-state index contributed by atoms with van der Waals surface area (Å²) in [6.45, 7) is 3.82. The Kier molecular flexibility index (Phi) is 9.40. The molecule has 0 atom stereocenters. The number of nitrogens with zero attached hydrogens (tertiary/aromatic N) is 2. The zero-order valence-electron chi connectivity index (χ0n) is 21.7. The molecule has 2 aromatic carbocycles. The molecule has 3 amide bonds. The number of pyridine rings is 1. The van der Waals surface area contributed by atoms with Gasteiger partial charge in [-0.25, -0.2) is 4.79 Å². The predicted molar refractivity (Wildman–Crippen MR) is 143 cm³/mol. The van der Waals surface area contributed by atoms with Crippen molar-refractivity contribution in [2.75, 3.05) is 57.0 Å². The van der Waals surface area contributed by atoms with Gasteiger partial charge in [-0.1, -0.05) is 6.07 Å². The molecule has 1 aliphatic rings. The van der Waals surface area contributed by atoms with E-state index in [0.717, 1.165) is 26.2 Å². The molecule has 0 saturated carbocycles. The summed E-state index contributed by atoms with van der Waals surface area (Å²) in [6, 6.07) is 12.2. The fraction of sp³-hybridized carbons (Fsp3) is 0.296. The minimum absolute atomic E-state index is 0.0831. The number of urea groups is 1. The van der Waals surface area contributed by atoms with Crippen LogP contribution in [-0.2, 0) is 6.18 Å². The van der Waals surface area contributed by atoms with Crippen LogP contribution in [0.1, 0.15) is 16.1 Å². The number of anilines is 2. The van der Waals surface area contributed by atoms with Gasteiger partial charge >= 0.3 is 12.2 Å². The fourth-order valence-electron chi connectivity index (χ4n) is 4.02. The number of carbonyl (C=O) groups excluding carboxylic acids is 2. The van der Waals surface area contributed by atoms with Gasteiger partial charge in [-0.05, 0) is 42.5 Å². The van der Waals surface area contributed by atoms with Gasteiger partial charge in [0, 0.05) is 57.7 Å². The first-order valence-electron chi connectivity index (χ1n) is 12.5. The first kappa shape index (κ1) is 28.6. The molecule has 2 heterocycles. The van der Waals surface area contributed by atoms with E-state index in [9.17, 15) is 22.8 Å². The molecule has 40 heavy (non-hydrogen) atoms. The van der Waals surface area contributed by atoms with Gasteiger partial charge in [0.2, 0.25) is 0 Å². The Morgan fingerprint density at radius 1 is 1.02 bits per heavy atom. The first-order valence-corrected chi connectivity index (χ1v) is 12.5. The van der Waals surface area contributed by atoms with Crippen molar-refractivity contribution in [2.24, 2.45) is 0 Å². The number of piperazine rings is 1. The molecule has 0 aliphatic carbocycles. The van der Waals surface area contributed by atoms with E-state index in [4.69, 9.17) is 9.47 Å². The fourth-order valence-corrected chi connectivity index (χ4v) is 4.02. The lowest BCUT2D eigenvalue weighted by molar-refractivity contribution is -0.138. The topological polar surface area (TPSA) is 117 Å². The molecule has 0 radical (unpaired) electrons. The van der Waals surface area contributed by atoms with Gasteiger partial charge < -0.3 is 30.7 Å². The van der Waals surface area contributed by atoms with Crippen molar-refractivity contribution in [3.8, 4) is 17.2 Å². The molecule has 1 aliphatic heterocycles. The van der Waals surface area contributed by atoms with Crippen molar-refractivity contribution in [1.82, 2.24) is 20.5 Å². The number of ether oxygens (including phenoxy) is 2. The molecule has 4 N–H and O–H groups in total. The number of hydrogen-bond donors (Lipinski definition) is 4. The van der Waals surface area contributed by atoms with Crippen LogP contribution in [0.15, 0.2) is 60.8 Å². The lowest BCUT2D eigenvalue weighted by atomic mass is 10.1. The summed E-state index contributed by atoms with van der Waals surface area (Å²) < 4.78 is 53.1. The Hall–Kier alpha value is -4.36. The van der Waals surface area contributed by atoms with Gasteiger partial charge in [-0.3, -0.25) is 14.7 Å². The number of nitrogens with one attached hydrogen (secondary N) is 4. The molecule has 1 saturated heterocycles. The number of hydrogen-bond acceptors (Lipinski definition) is 7. The summed E-state index contributed by atoms with van der Waals surface area (Å²) in [5.41, 5.74) is -0.971. The third kappa shape index (κ3) is 7.83. The van der Waals surface area contributed by atoms with Crippen LogP contribution in [-0.4, -0.2) is 68.2 Å². The summed E-state index contributed by atoms with van der Waals surface area (Å²) in [4.78, 5) is 30.4. The van der Waals surface area contributed by atoms with Crippen LogP contribution in [0.5, 0.6) is 17.2 Å². The number of carbonyl (C=O) groups is 2. The number of aromatic nitrogens is 1. The molecule has 13 heteroatoms. The molecular weight excluding hydrogens is 529 g/mol. The molecule has 3 aromatic rings. The zero-order chi connectivity index (χ0) is 28.5. The van der Waals surface area contributed by atoms with E-state index in [1.165, 1.54) is 49.6 Å². The van der Waals surface area contributed by atoms with Crippen molar-refractivity contribution < 1.29 is 32.2 Å². The van der Waals surface area contributed by atoms with Gasteiger partial charge in [-0.2, -0.15) is 13.2 Å². The average Bonchev–Trinajstić information content (AvgIpc) is 2.94. The van der Waals surface area contributed by atoms with E-state index in [1.807, 2.05) is 0 Å². The monoisotopic (exact) mass is 558 g/mol. The lowest BCUT2D eigenvalue weighted by Gasteiger charge is -2.27. The second-order valence-electron chi connectivity index (χ2n) is 8.78. The van der Waals surface area contributed by atoms with Crippen molar-refractivity contribution >= 4 is 23.3 Å². The van der Waals surface area contributed by atoms with Crippen LogP contribution in [0.4, 0.5) is 29.3 Å². The van der Waals surface area contributed by atoms with E-state index in [2.05, 4.69) is 31.2 Å². The Morgan fingerprint density at radius 2 is 1.77 bits per heavy atom. The van der Waals surface area contributed by atoms with Crippen molar-refractivity contribution in [1.29, 1.82) is 0 Å². The lowest BCUT2D eigenvalue weighted by Crippen LogP contribution is -2.44. The molecule has 212 valence electrons. The van der Waals surface area contributed by atoms with Gasteiger partial charge in [0.25, 0.3) is 5.91 Å². The maximum absolute atomic E-state index is 14.0. The Labute approximate surface area is 228 Å². The van der Waals surface area contributed by atoms with Crippen LogP contribution in [0.2, 0.25) is 0 Å². The smallest absolute Gasteiger partial charge is 0.421 e. The highest BCUT2D eigenvalue weighted by molar-refractivity contribution is 6.00. The maximum Gasteiger partial charge on any atom is 0.421 e. The normalized spacial score (nSPS) is 13.8. The van der Waals surface area contributed by atoms with Crippen molar-refractivity contribution in [3.63, 3.8) is 0 Å². The zero-order valence-corrected chi connectivity index (χ0v) is 21.7. The van der Waals surface area contributed by atoms with Crippen LogP contribution in [0.25, 0.3) is 0 Å². The van der Waals surface area contributed by atoms with E-state index in [0.29, 0.717) is 23.7 Å². The predicted octanol–water partition coefficient (Wildman–Crippen LogP) is 4.18. The number of alkyl halides is 3. The van der Waals surface area contributed by atoms with Gasteiger partial charge in [0.05, 0.1) is 5.69 Å². The number of amides is 3. The molecule has 0 spiro atoms. The highest BCUT2D eigenvalue weighted by atomic mass is 19.4. The highest BCUT2D eigenvalue weighted by Gasteiger charge is 2.38. The molecular formula is C27H29F3N6O4. The average molecular weight is 559 g/mol. The second-order valence-corrected chi connectivity index (χ2v) is 8.78. The molecule has 1 aromatic heterocycles. The summed E-state index contributed by atoms with van der Waals surface area (Å²) in [6.07, 6.45) is -3.32. The molecule has 0 unspecified atom stereocenters. The summed E-state index contributed by atoms with van der Waals surface area (Å²) in [5.74, 6) is 0.0708. The summed E-state index contributed by atoms with van der Waals surface area (Å²) >= 11 is 0. The van der Waals surface area contributed by atoms with Crippen molar-refractivity contribution in [3.05, 3.63) is 72.1 Å². The van der Waals surface area contributed by atoms with Crippen molar-refractivity contribution in [2.45, 2.75) is 6.18 Å². The number of benzene rings is 2. The minimum Gasteiger partial charge on any atom is -0.492 e. The standard InChI is InChI=1S/C27H29F3N6O4/c1-31-25(37)22-17-20(9-10-33-22)40-19-7-5-18(6-8-19)34-26(38)35-21-3-2-4-23(24(21)27(28,29)30)39-16-15-36-13-11-32-12-14-36/h2-10,17,32H,11-16H2,1H3,(H,31,37)(H2,34,35,38). The van der Waals surface area contributed by atoms with Crippen LogP contribution in [0, 0.1) is 0 Å². The summed E-state index contributed by atoms with van der Waals surface area (Å²) in [5, 5.41) is 10.5. The highest BCUT2D eigenvalue weighted by Crippen LogP contribution is 2.41. The van der Waals surface area contributed by atoms with Crippen LogP contribution < -0.4 is 30.7 Å². The van der Waals surface area contributed by atoms with Crippen LogP contribution in [0.3, 0.4) is 0 Å². The van der Waals surface area contributed by atoms with Gasteiger partial charge in [0.15, 0.2) is 0 Å². The third-order valence-electron chi connectivity index (χ3n) is 5.97. The Balaban J connectivity index is 1.38. The van der Waals surface area contributed by atoms with Gasteiger partial charge in [-0.15, -0.1) is 0 Å². The largest absolute Gasteiger partial charge is 0.492 e. The number of halogens is 3. The second kappa shape index (κ2) is 13.1. The maximum atomic E-state index is 14.0. The Morgan fingerprint density at radius 3 is 2.48 bits per heavy atom.